The Morgan fingerprint density at radius 3 is 1.10 bits per heavy atom. The third-order valence-corrected chi connectivity index (χ3v) is 19.8. The molecule has 0 aliphatic carbocycles. The molecule has 3 saturated heterocycles. The molecule has 3 aliphatic rings. The van der Waals surface area contributed by atoms with Crippen LogP contribution in [0.1, 0.15) is 125 Å². The second kappa shape index (κ2) is 31.6. The average Bonchev–Trinajstić information content (AvgIpc) is 1.92. The van der Waals surface area contributed by atoms with Gasteiger partial charge in [-0.25, -0.2) is 0 Å². The van der Waals surface area contributed by atoms with Crippen LogP contribution in [0, 0.1) is 16.1 Å². The molecule has 3 fully saturated rings. The minimum Gasteiger partial charge on any atom is -0.399 e. The van der Waals surface area contributed by atoms with Crippen molar-refractivity contribution >= 4 is 143 Å². The van der Waals surface area contributed by atoms with Crippen molar-refractivity contribution in [3.8, 4) is 0 Å². The van der Waals surface area contributed by atoms with E-state index in [1.807, 2.05) is 0 Å². The fourth-order valence-corrected chi connectivity index (χ4v) is 11.3. The third kappa shape index (κ3) is 18.7. The van der Waals surface area contributed by atoms with Gasteiger partial charge in [-0.2, -0.15) is 0 Å². The van der Waals surface area contributed by atoms with Crippen LogP contribution in [0.25, 0.3) is 0 Å². The molecule has 3 aliphatic heterocycles. The summed E-state index contributed by atoms with van der Waals surface area (Å²) in [5.74, 6) is 0. The largest absolute Gasteiger partial charge is 0.494 e. The summed E-state index contributed by atoms with van der Waals surface area (Å²) in [5, 5.41) is 0. The number of unbranched alkanes of at least 4 members (excludes halogenated alkanes) is 4. The second-order valence-corrected chi connectivity index (χ2v) is 29.4. The summed E-state index contributed by atoms with van der Waals surface area (Å²) in [7, 11) is -0.779. The van der Waals surface area contributed by atoms with E-state index in [0.717, 1.165) is 91.2 Å². The van der Waals surface area contributed by atoms with Crippen LogP contribution in [0.2, 0.25) is 0 Å². The van der Waals surface area contributed by atoms with Gasteiger partial charge in [0, 0.05) is 67.9 Å². The van der Waals surface area contributed by atoms with Gasteiger partial charge in [-0.3, -0.25) is 0 Å². The summed E-state index contributed by atoms with van der Waals surface area (Å²) < 4.78 is 46.8. The van der Waals surface area contributed by atoms with Gasteiger partial charge in [-0.05, 0) is 299 Å². The molecular weight excluding hydrogens is 1480 g/mol. The Hall–Kier alpha value is -3.34. The number of hydrogen-bond donors (Lipinski definition) is 0. The Morgan fingerprint density at radius 2 is 0.767 bits per heavy atom. The van der Waals surface area contributed by atoms with Crippen LogP contribution in [0.5, 0.6) is 0 Å². The van der Waals surface area contributed by atoms with E-state index < -0.39 is 0 Å². The number of anilines is 6. The lowest BCUT2D eigenvalue weighted by molar-refractivity contribution is -0.150. The molecule has 0 spiro atoms. The highest BCUT2D eigenvalue weighted by Gasteiger charge is 2.53. The van der Waals surface area contributed by atoms with Crippen molar-refractivity contribution in [1.82, 2.24) is 0 Å². The van der Waals surface area contributed by atoms with Crippen molar-refractivity contribution in [3.63, 3.8) is 0 Å². The first-order valence-corrected chi connectivity index (χ1v) is 34.5. The molecule has 9 nitrogen and oxygen atoms in total. The number of hydrogen-bond acceptors (Lipinski definition) is 9. The molecule has 0 bridgehead atoms. The number of ether oxygens (including phenoxy) is 3. The molecule has 7 aromatic carbocycles. The van der Waals surface area contributed by atoms with Crippen LogP contribution in [-0.2, 0) is 45.9 Å². The molecule has 0 amide bonds. The quantitative estimate of drug-likeness (QED) is 0.0354. The monoisotopic (exact) mass is 1560 g/mol. The first-order valence-electron chi connectivity index (χ1n) is 30.5. The number of benzene rings is 7. The van der Waals surface area contributed by atoms with E-state index in [9.17, 15) is 0 Å². The number of halogens is 4. The zero-order valence-electron chi connectivity index (χ0n) is 52.0. The van der Waals surface area contributed by atoms with Crippen molar-refractivity contribution in [2.75, 3.05) is 42.8 Å². The van der Waals surface area contributed by atoms with E-state index in [-0.39, 0.29) is 36.6 Å². The van der Waals surface area contributed by atoms with Gasteiger partial charge >= 0.3 is 14.2 Å². The summed E-state index contributed by atoms with van der Waals surface area (Å²) in [6, 6.07) is 60.1. The summed E-state index contributed by atoms with van der Waals surface area (Å²) in [5.41, 5.74) is 10.2. The predicted octanol–water partition coefficient (Wildman–Crippen LogP) is 19.0. The Balaban J connectivity index is 0.000000181. The molecule has 10 rings (SSSR count). The van der Waals surface area contributed by atoms with E-state index in [1.165, 1.54) is 64.6 Å². The standard InChI is InChI=1S/C34H45B2NO4.C19H29BrO3.C18H12I3N/c1-10-11-12-25-13-19-28(20-14-25)37(29-21-15-26(16-22-29)35-38-31(2,3)32(4,5)39-35)30-23-17-27(18-24-30)36-40-33(6,7)34(8,9)41-36;1-2-19(15-23-16-19)14-22-12-6-4-3-5-11-21-13-17-7-9-18(20)10-8-17;19-13-1-7-16(8-2-13)22(17-9-3-14(20)4-10-17)18-11-5-15(21)6-12-18/h13-24H,10-12H2,1-9H3;7-10H,2-6,11-16H2,1H3;1-12H. The maximum absolute atomic E-state index is 6.30. The Kier molecular flexibility index (Phi) is 25.2. The predicted molar refractivity (Wildman–Crippen MR) is 387 cm³/mol. The SMILES string of the molecule is CCC1(COCCCCCCOCc2ccc(Br)cc2)COC1.CCCCc1ccc(N(c2ccc(B3OC(C)(C)C(C)(C)O3)cc2)c2ccc(B3OC(C)(C)C(C)(C)O3)cc2)cc1.Ic1ccc(N(c2ccc(I)cc2)c2ccc(I)cc2)cc1. The van der Waals surface area contributed by atoms with Crippen molar-refractivity contribution in [2.45, 2.75) is 150 Å². The van der Waals surface area contributed by atoms with Crippen LogP contribution in [0.15, 0.2) is 174 Å². The van der Waals surface area contributed by atoms with E-state index in [4.69, 9.17) is 32.8 Å². The first kappa shape index (κ1) is 68.6. The summed E-state index contributed by atoms with van der Waals surface area (Å²) >= 11 is 10.5. The summed E-state index contributed by atoms with van der Waals surface area (Å²) in [4.78, 5) is 4.56. The van der Waals surface area contributed by atoms with E-state index >= 15 is 0 Å². The molecule has 0 radical (unpaired) electrons. The van der Waals surface area contributed by atoms with Crippen molar-refractivity contribution in [1.29, 1.82) is 0 Å². The lowest BCUT2D eigenvalue weighted by Crippen LogP contribution is -2.45. The normalized spacial score (nSPS) is 16.8. The van der Waals surface area contributed by atoms with E-state index in [2.05, 4.69) is 333 Å². The van der Waals surface area contributed by atoms with Gasteiger partial charge in [-0.15, -0.1) is 0 Å². The zero-order valence-corrected chi connectivity index (χ0v) is 60.0. The summed E-state index contributed by atoms with van der Waals surface area (Å²) in [6.07, 6.45) is 9.35. The fourth-order valence-electron chi connectivity index (χ4n) is 9.98. The van der Waals surface area contributed by atoms with Gasteiger partial charge in [0.15, 0.2) is 0 Å². The molecule has 0 atom stereocenters. The topological polar surface area (TPSA) is 71.1 Å². The van der Waals surface area contributed by atoms with Crippen LogP contribution in [0.4, 0.5) is 34.1 Å². The molecule has 15 heteroatoms. The Bertz CT molecular complexity index is 2940. The third-order valence-electron chi connectivity index (χ3n) is 17.1. The lowest BCUT2D eigenvalue weighted by atomic mass is 9.79. The minimum atomic E-state index is -0.389. The van der Waals surface area contributed by atoms with Gasteiger partial charge in [0.25, 0.3) is 0 Å². The maximum Gasteiger partial charge on any atom is 0.494 e. The number of aryl methyl sites for hydroxylation is 1. The lowest BCUT2D eigenvalue weighted by Gasteiger charge is -2.40. The summed E-state index contributed by atoms with van der Waals surface area (Å²) in [6.45, 7) is 26.2. The van der Waals surface area contributed by atoms with E-state index in [0.29, 0.717) is 12.0 Å². The van der Waals surface area contributed by atoms with Crippen LogP contribution >= 0.6 is 83.7 Å². The highest BCUT2D eigenvalue weighted by Crippen LogP contribution is 2.41. The van der Waals surface area contributed by atoms with Gasteiger partial charge in [-0.1, -0.05) is 97.6 Å². The zero-order chi connectivity index (χ0) is 61.5. The second-order valence-electron chi connectivity index (χ2n) is 24.7. The average molecular weight is 1560 g/mol. The fraction of sp³-hybridized carbons (Fsp3) is 0.408. The molecule has 86 heavy (non-hydrogen) atoms. The van der Waals surface area contributed by atoms with Gasteiger partial charge in [0.05, 0.1) is 48.8 Å². The van der Waals surface area contributed by atoms with Crippen molar-refractivity contribution < 1.29 is 32.8 Å². The van der Waals surface area contributed by atoms with Crippen molar-refractivity contribution in [3.05, 3.63) is 196 Å². The molecular formula is C71H86B2BrI3N2O7. The molecule has 0 aromatic heterocycles. The number of rotatable bonds is 23. The van der Waals surface area contributed by atoms with Crippen LogP contribution < -0.4 is 20.7 Å². The molecule has 3 heterocycles. The molecule has 0 saturated carbocycles. The molecule has 7 aromatic rings. The molecule has 456 valence electrons. The number of nitrogens with zero attached hydrogens (tertiary/aromatic N) is 2. The Morgan fingerprint density at radius 1 is 0.430 bits per heavy atom. The highest BCUT2D eigenvalue weighted by atomic mass is 127. The molecule has 0 unspecified atom stereocenters. The maximum atomic E-state index is 6.30. The van der Waals surface area contributed by atoms with Gasteiger partial charge in [0.2, 0.25) is 0 Å². The van der Waals surface area contributed by atoms with Gasteiger partial charge < -0.3 is 42.6 Å². The minimum absolute atomic E-state index is 0.320. The highest BCUT2D eigenvalue weighted by molar-refractivity contribution is 14.1. The van der Waals surface area contributed by atoms with Gasteiger partial charge in [0.1, 0.15) is 0 Å². The van der Waals surface area contributed by atoms with Crippen molar-refractivity contribution in [2.24, 2.45) is 5.41 Å². The smallest absolute Gasteiger partial charge is 0.399 e. The first-order chi connectivity index (χ1) is 41.1. The van der Waals surface area contributed by atoms with Crippen LogP contribution in [0.3, 0.4) is 0 Å². The Labute approximate surface area is 564 Å². The van der Waals surface area contributed by atoms with E-state index in [1.54, 1.807) is 0 Å². The van der Waals surface area contributed by atoms with Crippen LogP contribution in [-0.4, -0.2) is 69.7 Å². The molecule has 0 N–H and O–H groups in total.